The Labute approximate surface area is 87.8 Å². The molecule has 80 valence electrons. The molecule has 0 heterocycles. The summed E-state index contributed by atoms with van der Waals surface area (Å²) < 4.78 is 0. The maximum absolute atomic E-state index is 12.1. The largest absolute Gasteiger partial charge is 0.481 e. The topological polar surface area (TPSA) is 54.4 Å². The van der Waals surface area contributed by atoms with Crippen LogP contribution in [-0.2, 0) is 9.59 Å². The van der Waals surface area contributed by atoms with Crippen molar-refractivity contribution in [3.63, 3.8) is 0 Å². The molecule has 0 aromatic rings. The number of aliphatic carboxylic acids is 1. The highest BCUT2D eigenvalue weighted by molar-refractivity contribution is 6.10. The van der Waals surface area contributed by atoms with Gasteiger partial charge in [0.1, 0.15) is 5.92 Å². The van der Waals surface area contributed by atoms with Crippen LogP contribution in [0.5, 0.6) is 0 Å². The van der Waals surface area contributed by atoms with Crippen LogP contribution < -0.4 is 0 Å². The minimum Gasteiger partial charge on any atom is -0.481 e. The lowest BCUT2D eigenvalue weighted by Crippen LogP contribution is -2.46. The molecule has 0 bridgehead atoms. The van der Waals surface area contributed by atoms with E-state index in [2.05, 4.69) is 13.8 Å². The smallest absolute Gasteiger partial charge is 0.314 e. The third-order valence-electron chi connectivity index (χ3n) is 6.78. The molecule has 15 heavy (non-hydrogen) atoms. The number of Topliss-reactive ketones (excluding diaryl/α,β-unsaturated/α-hetero) is 1. The highest BCUT2D eigenvalue weighted by Crippen LogP contribution is 3.15. The fourth-order valence-corrected chi connectivity index (χ4v) is 6.52. The minimum absolute atomic E-state index is 0.00690. The van der Waals surface area contributed by atoms with Crippen LogP contribution in [0.15, 0.2) is 0 Å². The molecule has 4 aliphatic carbocycles. The summed E-state index contributed by atoms with van der Waals surface area (Å²) in [6, 6.07) is 0. The van der Waals surface area contributed by atoms with Gasteiger partial charge in [-0.25, -0.2) is 0 Å². The van der Waals surface area contributed by atoms with E-state index in [4.69, 9.17) is 5.11 Å². The zero-order valence-corrected chi connectivity index (χ0v) is 9.13. The van der Waals surface area contributed by atoms with Crippen molar-refractivity contribution in [2.45, 2.75) is 27.2 Å². The Morgan fingerprint density at radius 1 is 1.40 bits per heavy atom. The van der Waals surface area contributed by atoms with E-state index >= 15 is 0 Å². The number of fused-ring (bicyclic) bond motifs is 2. The van der Waals surface area contributed by atoms with Crippen LogP contribution >= 0.6 is 0 Å². The molecule has 0 aromatic heterocycles. The van der Waals surface area contributed by atoms with Gasteiger partial charge in [-0.15, -0.1) is 0 Å². The Morgan fingerprint density at radius 3 is 2.40 bits per heavy atom. The molecule has 0 saturated heterocycles. The van der Waals surface area contributed by atoms with Gasteiger partial charge < -0.3 is 5.11 Å². The molecule has 0 aromatic carbocycles. The monoisotopic (exact) mass is 206 g/mol. The van der Waals surface area contributed by atoms with Gasteiger partial charge in [-0.3, -0.25) is 9.59 Å². The Bertz CT molecular complexity index is 469. The Balaban J connectivity index is 1.91. The first-order valence-electron chi connectivity index (χ1n) is 5.58. The second-order valence-electron chi connectivity index (χ2n) is 6.51. The Kier molecular flexibility index (Phi) is 0.821. The van der Waals surface area contributed by atoms with Crippen molar-refractivity contribution in [1.29, 1.82) is 0 Å². The van der Waals surface area contributed by atoms with E-state index in [-0.39, 0.29) is 27.9 Å². The van der Waals surface area contributed by atoms with Crippen molar-refractivity contribution in [3.05, 3.63) is 0 Å². The van der Waals surface area contributed by atoms with Gasteiger partial charge in [0.2, 0.25) is 0 Å². The van der Waals surface area contributed by atoms with Crippen molar-refractivity contribution in [3.8, 4) is 0 Å². The number of carboxylic acids is 1. The fourth-order valence-electron chi connectivity index (χ4n) is 6.52. The van der Waals surface area contributed by atoms with Crippen molar-refractivity contribution in [1.82, 2.24) is 0 Å². The van der Waals surface area contributed by atoms with Crippen molar-refractivity contribution in [2.24, 2.45) is 33.5 Å². The van der Waals surface area contributed by atoms with Gasteiger partial charge in [-0.1, -0.05) is 20.8 Å². The highest BCUT2D eigenvalue weighted by atomic mass is 16.4. The van der Waals surface area contributed by atoms with Crippen LogP contribution in [0.25, 0.3) is 0 Å². The Morgan fingerprint density at radius 2 is 2.00 bits per heavy atom. The zero-order chi connectivity index (χ0) is 11.0. The van der Waals surface area contributed by atoms with Gasteiger partial charge >= 0.3 is 5.97 Å². The summed E-state index contributed by atoms with van der Waals surface area (Å²) in [5, 5.41) is 9.14. The molecule has 6 unspecified atom stereocenters. The summed E-state index contributed by atoms with van der Waals surface area (Å²) in [7, 11) is 0. The standard InChI is InChI=1S/C12H14O3/c1-9-4-10(2)11(3)6(12(9,10)11)5(7(9)13)8(14)15/h5-6H,4H2,1-3H3,(H,14,15). The molecule has 0 aliphatic heterocycles. The summed E-state index contributed by atoms with van der Waals surface area (Å²) in [4.78, 5) is 23.2. The molecule has 3 nitrogen and oxygen atoms in total. The molecular formula is C12H14O3. The average molecular weight is 206 g/mol. The molecule has 4 saturated carbocycles. The minimum atomic E-state index is -0.897. The predicted octanol–water partition coefficient (Wildman–Crippen LogP) is 1.32. The molecule has 4 rings (SSSR count). The second kappa shape index (κ2) is 1.48. The third-order valence-corrected chi connectivity index (χ3v) is 6.78. The molecule has 1 spiro atoms. The van der Waals surface area contributed by atoms with Crippen LogP contribution in [0.2, 0.25) is 0 Å². The summed E-state index contributed by atoms with van der Waals surface area (Å²) in [5.74, 6) is -1.44. The van der Waals surface area contributed by atoms with E-state index in [1.807, 2.05) is 6.92 Å². The highest BCUT2D eigenvalue weighted by Gasteiger charge is 3.15. The number of rotatable bonds is 1. The SMILES string of the molecule is CC12CC3(C)C4(C)C(C(C(=O)O)C1=O)C234. The van der Waals surface area contributed by atoms with Crippen molar-refractivity contribution < 1.29 is 14.7 Å². The van der Waals surface area contributed by atoms with Crippen LogP contribution in [0.1, 0.15) is 27.2 Å². The zero-order valence-electron chi connectivity index (χ0n) is 9.13. The van der Waals surface area contributed by atoms with E-state index < -0.39 is 11.9 Å². The number of carbonyl (C=O) groups is 2. The first-order chi connectivity index (χ1) is 6.81. The maximum atomic E-state index is 12.1. The van der Waals surface area contributed by atoms with E-state index in [9.17, 15) is 9.59 Å². The van der Waals surface area contributed by atoms with Crippen LogP contribution in [-0.4, -0.2) is 16.9 Å². The number of hydrogen-bond acceptors (Lipinski definition) is 2. The van der Waals surface area contributed by atoms with Crippen molar-refractivity contribution >= 4 is 11.8 Å². The molecule has 3 heteroatoms. The van der Waals surface area contributed by atoms with E-state index in [1.165, 1.54) is 0 Å². The normalized spacial score (nSPS) is 71.8. The summed E-state index contributed by atoms with van der Waals surface area (Å²) in [5.41, 5.74) is 0.252. The van der Waals surface area contributed by atoms with Gasteiger partial charge in [0, 0.05) is 5.41 Å². The molecule has 0 amide bonds. The molecule has 4 fully saturated rings. The summed E-state index contributed by atoms with van der Waals surface area (Å²) >= 11 is 0. The molecule has 6 atom stereocenters. The quantitative estimate of drug-likeness (QED) is 0.658. The number of hydrogen-bond donors (Lipinski definition) is 1. The number of carbonyl (C=O) groups excluding carboxylic acids is 1. The van der Waals surface area contributed by atoms with Crippen LogP contribution in [0.4, 0.5) is 0 Å². The lowest BCUT2D eigenvalue weighted by Gasteiger charge is -2.47. The van der Waals surface area contributed by atoms with Gasteiger partial charge in [0.15, 0.2) is 5.78 Å². The van der Waals surface area contributed by atoms with Gasteiger partial charge in [-0.2, -0.15) is 0 Å². The maximum Gasteiger partial charge on any atom is 0.314 e. The molecule has 1 N–H and O–H groups in total. The van der Waals surface area contributed by atoms with Gasteiger partial charge in [-0.05, 0) is 28.6 Å². The molecule has 0 radical (unpaired) electrons. The summed E-state index contributed by atoms with van der Waals surface area (Å²) in [6.45, 7) is 6.40. The van der Waals surface area contributed by atoms with Gasteiger partial charge in [0.25, 0.3) is 0 Å². The van der Waals surface area contributed by atoms with E-state index in [0.717, 1.165) is 6.42 Å². The fraction of sp³-hybridized carbons (Fsp3) is 0.833. The predicted molar refractivity (Wildman–Crippen MR) is 51.0 cm³/mol. The lowest BCUT2D eigenvalue weighted by atomic mass is 9.55. The number of carboxylic acid groups (broad SMARTS) is 1. The van der Waals surface area contributed by atoms with Gasteiger partial charge in [0.05, 0.1) is 0 Å². The molecule has 4 aliphatic rings. The van der Waals surface area contributed by atoms with Crippen LogP contribution in [0.3, 0.4) is 0 Å². The molecular weight excluding hydrogens is 192 g/mol. The lowest BCUT2D eigenvalue weighted by molar-refractivity contribution is -0.148. The van der Waals surface area contributed by atoms with E-state index in [0.29, 0.717) is 5.41 Å². The third kappa shape index (κ3) is 0.362. The Hall–Kier alpha value is -0.860. The van der Waals surface area contributed by atoms with Crippen molar-refractivity contribution in [2.75, 3.05) is 0 Å². The first kappa shape index (κ1) is 8.31. The average Bonchev–Trinajstić information content (AvgIpc) is 2.79. The summed E-state index contributed by atoms with van der Waals surface area (Å²) in [6.07, 6.45) is 0.912. The van der Waals surface area contributed by atoms with E-state index in [1.54, 1.807) is 0 Å². The number of ketones is 1. The first-order valence-corrected chi connectivity index (χ1v) is 5.58. The van der Waals surface area contributed by atoms with Crippen LogP contribution in [0, 0.1) is 33.5 Å². The second-order valence-corrected chi connectivity index (χ2v) is 6.51.